The van der Waals surface area contributed by atoms with Crippen LogP contribution < -0.4 is 0 Å². The minimum Gasteiger partial charge on any atom is -0.386 e. The van der Waals surface area contributed by atoms with Gasteiger partial charge >= 0.3 is 30.9 Å². The summed E-state index contributed by atoms with van der Waals surface area (Å²) < 4.78 is 29.8. The van der Waals surface area contributed by atoms with Crippen LogP contribution in [0.3, 0.4) is 0 Å². The van der Waals surface area contributed by atoms with Crippen molar-refractivity contribution in [2.75, 3.05) is 0 Å². The molecule has 27 heavy (non-hydrogen) atoms. The van der Waals surface area contributed by atoms with E-state index >= 15 is 0 Å². The Hall–Kier alpha value is -1.66. The van der Waals surface area contributed by atoms with Gasteiger partial charge in [-0.1, -0.05) is 59.6 Å². The van der Waals surface area contributed by atoms with Crippen molar-refractivity contribution >= 4 is 50.3 Å². The number of hydrogen-bond acceptors (Lipinski definition) is 6. The van der Waals surface area contributed by atoms with Crippen molar-refractivity contribution in [2.45, 2.75) is 3.82 Å². The molecule has 2 aromatic carbocycles. The fourth-order valence-corrected chi connectivity index (χ4v) is 4.56. The third kappa shape index (κ3) is 4.79. The number of halogens is 2. The first-order chi connectivity index (χ1) is 12.5. The lowest BCUT2D eigenvalue weighted by atomic mass is 10.2. The van der Waals surface area contributed by atoms with Gasteiger partial charge in [0, 0.05) is 0 Å². The quantitative estimate of drug-likeness (QED) is 0.493. The summed E-state index contributed by atoms with van der Waals surface area (Å²) in [5.41, 5.74) is -0.269. The van der Waals surface area contributed by atoms with Gasteiger partial charge in [-0.2, -0.15) is 0 Å². The van der Waals surface area contributed by atoms with Gasteiger partial charge in [0.15, 0.2) is 0 Å². The van der Waals surface area contributed by atoms with Crippen LogP contribution in [0.1, 0.15) is 20.7 Å². The van der Waals surface area contributed by atoms with E-state index in [0.717, 1.165) is 0 Å². The fraction of sp³-hybridized carbons (Fsp3) is 0.0667. The minimum atomic E-state index is -5.50. The van der Waals surface area contributed by atoms with Crippen LogP contribution in [0.2, 0.25) is 0 Å². The van der Waals surface area contributed by atoms with E-state index in [1.54, 1.807) is 12.1 Å². The zero-order chi connectivity index (χ0) is 20.3. The van der Waals surface area contributed by atoms with Crippen molar-refractivity contribution in [3.05, 3.63) is 71.8 Å². The summed E-state index contributed by atoms with van der Waals surface area (Å²) in [6.07, 6.45) is 0. The van der Waals surface area contributed by atoms with Gasteiger partial charge in [-0.3, -0.25) is 0 Å². The second-order valence-electron chi connectivity index (χ2n) is 5.04. The van der Waals surface area contributed by atoms with E-state index in [0.29, 0.717) is 0 Å². The van der Waals surface area contributed by atoms with E-state index in [1.807, 2.05) is 0 Å². The Morgan fingerprint density at radius 3 is 1.33 bits per heavy atom. The summed E-state index contributed by atoms with van der Waals surface area (Å²) in [7, 11) is -11.0. The van der Waals surface area contributed by atoms with Gasteiger partial charge in [-0.25, -0.2) is 18.7 Å². The predicted octanol–water partition coefficient (Wildman–Crippen LogP) is 4.16. The van der Waals surface area contributed by atoms with Crippen LogP contribution in [0.15, 0.2) is 60.7 Å². The summed E-state index contributed by atoms with van der Waals surface area (Å²) in [5.74, 6) is -2.64. The molecule has 0 spiro atoms. The summed E-state index contributed by atoms with van der Waals surface area (Å²) in [6.45, 7) is 0. The average Bonchev–Trinajstić information content (AvgIpc) is 2.62. The topological polar surface area (TPSA) is 127 Å². The highest BCUT2D eigenvalue weighted by Crippen LogP contribution is 2.78. The van der Waals surface area contributed by atoms with Crippen molar-refractivity contribution in [1.82, 2.24) is 0 Å². The third-order valence-electron chi connectivity index (χ3n) is 3.11. The second-order valence-corrected chi connectivity index (χ2v) is 11.6. The van der Waals surface area contributed by atoms with Crippen molar-refractivity contribution in [1.29, 1.82) is 0 Å². The molecule has 0 radical (unpaired) electrons. The van der Waals surface area contributed by atoms with Crippen LogP contribution >= 0.6 is 38.4 Å². The molecule has 12 heteroatoms. The molecule has 0 saturated carbocycles. The number of rotatable bonds is 6. The van der Waals surface area contributed by atoms with E-state index in [4.69, 9.17) is 23.2 Å². The van der Waals surface area contributed by atoms with Gasteiger partial charge in [0.05, 0.1) is 11.1 Å². The number of alkyl halides is 2. The smallest absolute Gasteiger partial charge is 0.386 e. The van der Waals surface area contributed by atoms with Gasteiger partial charge < -0.3 is 18.8 Å². The molecule has 2 aromatic rings. The molecular formula is C15H12Cl2O8P2. The lowest BCUT2D eigenvalue weighted by Crippen LogP contribution is -2.21. The number of benzene rings is 2. The Morgan fingerprint density at radius 1 is 0.741 bits per heavy atom. The lowest BCUT2D eigenvalue weighted by Gasteiger charge is -2.27. The molecule has 2 unspecified atom stereocenters. The second kappa shape index (κ2) is 8.15. The highest BCUT2D eigenvalue weighted by atomic mass is 35.5. The first-order valence-corrected chi connectivity index (χ1v) is 11.0. The maximum Gasteiger partial charge on any atom is 0.428 e. The number of carbonyl (C=O) groups is 2. The Bertz CT molecular complexity index is 858. The molecule has 2 atom stereocenters. The Balaban J connectivity index is 2.23. The highest BCUT2D eigenvalue weighted by molar-refractivity contribution is 7.79. The number of hydrogen-bond donors (Lipinski definition) is 2. The molecule has 0 aliphatic heterocycles. The Kier molecular flexibility index (Phi) is 6.53. The van der Waals surface area contributed by atoms with E-state index in [2.05, 4.69) is 9.05 Å². The first kappa shape index (κ1) is 21.6. The minimum absolute atomic E-state index is 0.134. The van der Waals surface area contributed by atoms with Crippen LogP contribution in [0.4, 0.5) is 0 Å². The number of carbonyl (C=O) groups excluding carboxylic acids is 2. The van der Waals surface area contributed by atoms with Crippen LogP contribution in [0, 0.1) is 0 Å². The summed E-state index contributed by atoms with van der Waals surface area (Å²) in [5, 5.41) is 0. The molecule has 2 rings (SSSR count). The molecule has 0 bridgehead atoms. The summed E-state index contributed by atoms with van der Waals surface area (Å²) in [4.78, 5) is 43.7. The zero-order valence-electron chi connectivity index (χ0n) is 13.3. The molecule has 0 amide bonds. The zero-order valence-corrected chi connectivity index (χ0v) is 16.6. The molecular weight excluding hydrogens is 441 g/mol. The average molecular weight is 453 g/mol. The van der Waals surface area contributed by atoms with E-state index in [1.165, 1.54) is 48.5 Å². The van der Waals surface area contributed by atoms with E-state index < -0.39 is 30.9 Å². The first-order valence-electron chi connectivity index (χ1n) is 7.09. The van der Waals surface area contributed by atoms with Crippen molar-refractivity contribution < 1.29 is 37.6 Å². The van der Waals surface area contributed by atoms with E-state index in [-0.39, 0.29) is 11.1 Å². The van der Waals surface area contributed by atoms with Gasteiger partial charge in [-0.05, 0) is 24.3 Å². The molecule has 0 heterocycles. The molecule has 2 N–H and O–H groups in total. The summed E-state index contributed by atoms with van der Waals surface area (Å²) in [6, 6.07) is 14.0. The van der Waals surface area contributed by atoms with Crippen molar-refractivity contribution in [2.24, 2.45) is 0 Å². The molecule has 144 valence electrons. The summed E-state index contributed by atoms with van der Waals surface area (Å²) >= 11 is 11.1. The molecule has 0 aromatic heterocycles. The molecule has 0 aliphatic rings. The largest absolute Gasteiger partial charge is 0.428 e. The predicted molar refractivity (Wildman–Crippen MR) is 97.8 cm³/mol. The molecule has 8 nitrogen and oxygen atoms in total. The monoisotopic (exact) mass is 452 g/mol. The maximum atomic E-state index is 12.3. The van der Waals surface area contributed by atoms with Gasteiger partial charge in [-0.15, -0.1) is 0 Å². The normalized spacial score (nSPS) is 15.9. The Morgan fingerprint density at radius 2 is 1.04 bits per heavy atom. The van der Waals surface area contributed by atoms with Gasteiger partial charge in [0.25, 0.3) is 0 Å². The highest BCUT2D eigenvalue weighted by Gasteiger charge is 2.65. The third-order valence-corrected chi connectivity index (χ3v) is 9.38. The Labute approximate surface area is 163 Å². The van der Waals surface area contributed by atoms with Crippen LogP contribution in [0.25, 0.3) is 0 Å². The van der Waals surface area contributed by atoms with Crippen molar-refractivity contribution in [3.8, 4) is 0 Å². The van der Waals surface area contributed by atoms with Gasteiger partial charge in [0.2, 0.25) is 0 Å². The standard InChI is InChI=1S/C15H12Cl2O8P2/c16-15(17,26(20,21)24-13(18)11-7-3-1-4-8-11)27(22,23)25-14(19)12-9-5-2-6-10-12/h1-10H,(H,20,21)(H,22,23). The van der Waals surface area contributed by atoms with Gasteiger partial charge in [0.1, 0.15) is 0 Å². The van der Waals surface area contributed by atoms with Crippen molar-refractivity contribution in [3.63, 3.8) is 0 Å². The lowest BCUT2D eigenvalue weighted by molar-refractivity contribution is 0.0714. The van der Waals surface area contributed by atoms with Crippen LogP contribution in [0.5, 0.6) is 0 Å². The fourth-order valence-electron chi connectivity index (χ4n) is 1.75. The van der Waals surface area contributed by atoms with Crippen LogP contribution in [-0.2, 0) is 18.2 Å². The van der Waals surface area contributed by atoms with Crippen LogP contribution in [-0.4, -0.2) is 25.5 Å². The molecule has 0 saturated heterocycles. The molecule has 0 fully saturated rings. The molecule has 0 aliphatic carbocycles. The maximum absolute atomic E-state index is 12.3. The van der Waals surface area contributed by atoms with E-state index in [9.17, 15) is 28.5 Å². The SMILES string of the molecule is O=C(OP(=O)(O)C(Cl)(Cl)P(=O)(O)OC(=O)c1ccccc1)c1ccccc1.